The highest BCUT2D eigenvalue weighted by Gasteiger charge is 2.27. The lowest BCUT2D eigenvalue weighted by Gasteiger charge is -2.21. The number of alkyl halides is 3. The topological polar surface area (TPSA) is 54.9 Å². The molecule has 24 heavy (non-hydrogen) atoms. The van der Waals surface area contributed by atoms with Crippen molar-refractivity contribution in [2.75, 3.05) is 39.5 Å². The molecule has 0 heterocycles. The first-order valence-corrected chi connectivity index (χ1v) is 8.58. The molecule has 0 aromatic carbocycles. The van der Waals surface area contributed by atoms with Crippen LogP contribution < -0.4 is 10.6 Å². The molecular weight excluding hydrogens is 323 g/mol. The predicted molar refractivity (Wildman–Crippen MR) is 90.3 cm³/mol. The van der Waals surface area contributed by atoms with Gasteiger partial charge in [-0.3, -0.25) is 4.99 Å². The van der Waals surface area contributed by atoms with Crippen LogP contribution in [0.1, 0.15) is 40.5 Å². The SMILES string of the molecule is CCNC(=NCCCOCC(F)(F)F)NCCC(OCC)C(C)C. The third kappa shape index (κ3) is 13.4. The second kappa shape index (κ2) is 13.3. The molecule has 0 bridgehead atoms. The first-order chi connectivity index (χ1) is 11.3. The molecule has 8 heteroatoms. The highest BCUT2D eigenvalue weighted by molar-refractivity contribution is 5.79. The van der Waals surface area contributed by atoms with Crippen molar-refractivity contribution in [3.63, 3.8) is 0 Å². The zero-order valence-corrected chi connectivity index (χ0v) is 15.2. The molecule has 0 rings (SSSR count). The summed E-state index contributed by atoms with van der Waals surface area (Å²) < 4.78 is 46.0. The minimum atomic E-state index is -4.27. The number of ether oxygens (including phenoxy) is 2. The van der Waals surface area contributed by atoms with E-state index in [1.165, 1.54) is 0 Å². The lowest BCUT2D eigenvalue weighted by Crippen LogP contribution is -2.39. The fraction of sp³-hybridized carbons (Fsp3) is 0.938. The van der Waals surface area contributed by atoms with Gasteiger partial charge in [0.2, 0.25) is 0 Å². The second-order valence-corrected chi connectivity index (χ2v) is 5.74. The van der Waals surface area contributed by atoms with Crippen LogP contribution in [0, 0.1) is 5.92 Å². The molecule has 0 saturated carbocycles. The first-order valence-electron chi connectivity index (χ1n) is 8.58. The Hall–Kier alpha value is -1.02. The largest absolute Gasteiger partial charge is 0.411 e. The van der Waals surface area contributed by atoms with Crippen molar-refractivity contribution in [2.45, 2.75) is 52.8 Å². The van der Waals surface area contributed by atoms with Gasteiger partial charge in [0.05, 0.1) is 6.10 Å². The Morgan fingerprint density at radius 2 is 1.88 bits per heavy atom. The van der Waals surface area contributed by atoms with E-state index in [1.807, 2.05) is 13.8 Å². The van der Waals surface area contributed by atoms with E-state index in [2.05, 4.69) is 34.2 Å². The molecule has 0 spiro atoms. The number of rotatable bonds is 12. The van der Waals surface area contributed by atoms with E-state index in [9.17, 15) is 13.2 Å². The van der Waals surface area contributed by atoms with E-state index in [0.717, 1.165) is 19.5 Å². The molecule has 0 aliphatic carbocycles. The van der Waals surface area contributed by atoms with E-state index in [0.29, 0.717) is 31.4 Å². The fourth-order valence-corrected chi connectivity index (χ4v) is 2.04. The average Bonchev–Trinajstić information content (AvgIpc) is 2.48. The zero-order chi connectivity index (χ0) is 18.4. The molecule has 0 aliphatic rings. The van der Waals surface area contributed by atoms with Gasteiger partial charge < -0.3 is 20.1 Å². The summed E-state index contributed by atoms with van der Waals surface area (Å²) in [5, 5.41) is 6.33. The third-order valence-corrected chi connectivity index (χ3v) is 3.17. The maximum Gasteiger partial charge on any atom is 0.411 e. The molecule has 2 N–H and O–H groups in total. The quantitative estimate of drug-likeness (QED) is 0.321. The highest BCUT2D eigenvalue weighted by Crippen LogP contribution is 2.14. The minimum Gasteiger partial charge on any atom is -0.378 e. The van der Waals surface area contributed by atoms with Gasteiger partial charge in [-0.15, -0.1) is 0 Å². The van der Waals surface area contributed by atoms with Gasteiger partial charge in [-0.1, -0.05) is 13.8 Å². The van der Waals surface area contributed by atoms with Crippen LogP contribution >= 0.6 is 0 Å². The summed E-state index contributed by atoms with van der Waals surface area (Å²) in [5.41, 5.74) is 0. The van der Waals surface area contributed by atoms with Crippen LogP contribution in [0.3, 0.4) is 0 Å². The predicted octanol–water partition coefficient (Wildman–Crippen LogP) is 2.96. The first kappa shape index (κ1) is 23.0. The summed E-state index contributed by atoms with van der Waals surface area (Å²) in [7, 11) is 0. The number of halogens is 3. The standard InChI is InChI=1S/C16H32F3N3O2/c1-5-20-15(21-9-7-11-23-12-16(17,18)19)22-10-8-14(13(3)4)24-6-2/h13-14H,5-12H2,1-4H3,(H2,20,21,22). The Morgan fingerprint density at radius 3 is 2.42 bits per heavy atom. The Bertz CT molecular complexity index is 337. The highest BCUT2D eigenvalue weighted by atomic mass is 19.4. The normalized spacial score (nSPS) is 14.1. The van der Waals surface area contributed by atoms with Crippen molar-refractivity contribution in [1.82, 2.24) is 10.6 Å². The maximum atomic E-state index is 11.9. The van der Waals surface area contributed by atoms with Crippen LogP contribution in [0.4, 0.5) is 13.2 Å². The Morgan fingerprint density at radius 1 is 1.17 bits per heavy atom. The summed E-state index contributed by atoms with van der Waals surface area (Å²) in [6.07, 6.45) is -2.76. The molecule has 144 valence electrons. The monoisotopic (exact) mass is 355 g/mol. The van der Waals surface area contributed by atoms with Crippen molar-refractivity contribution in [3.05, 3.63) is 0 Å². The summed E-state index contributed by atoms with van der Waals surface area (Å²) in [5.74, 6) is 1.10. The summed E-state index contributed by atoms with van der Waals surface area (Å²) in [6.45, 7) is 9.57. The van der Waals surface area contributed by atoms with Gasteiger partial charge in [-0.25, -0.2) is 0 Å². The summed E-state index contributed by atoms with van der Waals surface area (Å²) >= 11 is 0. The maximum absolute atomic E-state index is 11.9. The number of nitrogens with one attached hydrogen (secondary N) is 2. The van der Waals surface area contributed by atoms with Gasteiger partial charge >= 0.3 is 6.18 Å². The fourth-order valence-electron chi connectivity index (χ4n) is 2.04. The van der Waals surface area contributed by atoms with E-state index in [1.54, 1.807) is 0 Å². The van der Waals surface area contributed by atoms with Crippen molar-refractivity contribution in [3.8, 4) is 0 Å². The molecule has 5 nitrogen and oxygen atoms in total. The van der Waals surface area contributed by atoms with Gasteiger partial charge in [0.25, 0.3) is 0 Å². The lowest BCUT2D eigenvalue weighted by atomic mass is 10.0. The number of nitrogens with zero attached hydrogens (tertiary/aromatic N) is 1. The number of hydrogen-bond acceptors (Lipinski definition) is 3. The molecule has 1 atom stereocenters. The number of guanidine groups is 1. The molecule has 0 aliphatic heterocycles. The minimum absolute atomic E-state index is 0.0438. The van der Waals surface area contributed by atoms with Crippen molar-refractivity contribution < 1.29 is 22.6 Å². The zero-order valence-electron chi connectivity index (χ0n) is 15.2. The van der Waals surface area contributed by atoms with Crippen molar-refractivity contribution in [2.24, 2.45) is 10.9 Å². The molecule has 0 aromatic heterocycles. The Balaban J connectivity index is 4.05. The van der Waals surface area contributed by atoms with E-state index in [4.69, 9.17) is 4.74 Å². The Kier molecular flexibility index (Phi) is 12.7. The molecule has 1 unspecified atom stereocenters. The smallest absolute Gasteiger partial charge is 0.378 e. The molecule has 0 fully saturated rings. The number of aliphatic imine (C=N–C) groups is 1. The van der Waals surface area contributed by atoms with Crippen LogP contribution in [0.25, 0.3) is 0 Å². The van der Waals surface area contributed by atoms with E-state index in [-0.39, 0.29) is 12.7 Å². The third-order valence-electron chi connectivity index (χ3n) is 3.17. The van der Waals surface area contributed by atoms with Crippen LogP contribution in [-0.4, -0.2) is 57.7 Å². The van der Waals surface area contributed by atoms with Gasteiger partial charge in [0.15, 0.2) is 5.96 Å². The van der Waals surface area contributed by atoms with Crippen molar-refractivity contribution >= 4 is 5.96 Å². The molecule has 0 aromatic rings. The summed E-state index contributed by atoms with van der Waals surface area (Å²) in [6, 6.07) is 0. The van der Waals surface area contributed by atoms with E-state index >= 15 is 0 Å². The number of hydrogen-bond donors (Lipinski definition) is 2. The molecule has 0 amide bonds. The van der Waals surface area contributed by atoms with Crippen LogP contribution in [-0.2, 0) is 9.47 Å². The van der Waals surface area contributed by atoms with Gasteiger partial charge in [-0.2, -0.15) is 13.2 Å². The summed E-state index contributed by atoms with van der Waals surface area (Å²) in [4.78, 5) is 4.33. The van der Waals surface area contributed by atoms with E-state index < -0.39 is 12.8 Å². The molecular formula is C16H32F3N3O2. The van der Waals surface area contributed by atoms with Gasteiger partial charge in [-0.05, 0) is 32.6 Å². The lowest BCUT2D eigenvalue weighted by molar-refractivity contribution is -0.173. The van der Waals surface area contributed by atoms with Crippen LogP contribution in [0.15, 0.2) is 4.99 Å². The van der Waals surface area contributed by atoms with Crippen molar-refractivity contribution in [1.29, 1.82) is 0 Å². The van der Waals surface area contributed by atoms with Gasteiger partial charge in [0.1, 0.15) is 6.61 Å². The van der Waals surface area contributed by atoms with Crippen LogP contribution in [0.2, 0.25) is 0 Å². The Labute approximate surface area is 143 Å². The molecule has 0 radical (unpaired) electrons. The van der Waals surface area contributed by atoms with Gasteiger partial charge in [0, 0.05) is 32.8 Å². The second-order valence-electron chi connectivity index (χ2n) is 5.74. The van der Waals surface area contributed by atoms with Crippen LogP contribution in [0.5, 0.6) is 0 Å². The average molecular weight is 355 g/mol. The molecule has 0 saturated heterocycles.